The van der Waals surface area contributed by atoms with Crippen molar-refractivity contribution in [3.8, 4) is 5.88 Å². The first-order valence-corrected chi connectivity index (χ1v) is 9.77. The monoisotopic (exact) mass is 366 g/mol. The van der Waals surface area contributed by atoms with Crippen molar-refractivity contribution in [1.29, 1.82) is 0 Å². The van der Waals surface area contributed by atoms with Gasteiger partial charge in [0.1, 0.15) is 11.1 Å². The molecule has 0 unspecified atom stereocenters. The molecule has 1 saturated carbocycles. The molecular weight excluding hydrogens is 340 g/mol. The highest BCUT2D eigenvalue weighted by Crippen LogP contribution is 2.28. The molecule has 0 radical (unpaired) electrons. The summed E-state index contributed by atoms with van der Waals surface area (Å²) in [7, 11) is 0. The van der Waals surface area contributed by atoms with Gasteiger partial charge in [-0.15, -0.1) is 0 Å². The average molecular weight is 367 g/mol. The van der Waals surface area contributed by atoms with Gasteiger partial charge < -0.3 is 14.4 Å². The van der Waals surface area contributed by atoms with Gasteiger partial charge in [-0.2, -0.15) is 0 Å². The third kappa shape index (κ3) is 4.64. The smallest absolute Gasteiger partial charge is 0.255 e. The molecule has 2 aliphatic rings. The first kappa shape index (κ1) is 18.5. The minimum absolute atomic E-state index is 0.0152. The Bertz CT molecular complexity index is 584. The van der Waals surface area contributed by atoms with Crippen molar-refractivity contribution in [3.63, 3.8) is 0 Å². The van der Waals surface area contributed by atoms with Crippen molar-refractivity contribution in [2.45, 2.75) is 64.0 Å². The van der Waals surface area contributed by atoms with Crippen molar-refractivity contribution >= 4 is 17.5 Å². The maximum atomic E-state index is 12.9. The van der Waals surface area contributed by atoms with E-state index in [1.807, 2.05) is 11.8 Å². The van der Waals surface area contributed by atoms with E-state index < -0.39 is 0 Å². The van der Waals surface area contributed by atoms with Crippen LogP contribution < -0.4 is 4.74 Å². The van der Waals surface area contributed by atoms with E-state index in [2.05, 4.69) is 4.98 Å². The summed E-state index contributed by atoms with van der Waals surface area (Å²) in [6.45, 7) is 4.14. The van der Waals surface area contributed by atoms with E-state index in [1.54, 1.807) is 12.3 Å². The number of carbonyl (C=O) groups is 1. The van der Waals surface area contributed by atoms with Crippen LogP contribution >= 0.6 is 11.6 Å². The molecule has 138 valence electrons. The van der Waals surface area contributed by atoms with Gasteiger partial charge in [0.25, 0.3) is 5.91 Å². The van der Waals surface area contributed by atoms with E-state index in [1.165, 1.54) is 19.3 Å². The lowest BCUT2D eigenvalue weighted by atomic mass is 9.94. The second-order valence-corrected chi connectivity index (χ2v) is 7.23. The molecule has 0 atom stereocenters. The second kappa shape index (κ2) is 8.86. The van der Waals surface area contributed by atoms with E-state index in [4.69, 9.17) is 21.1 Å². The van der Waals surface area contributed by atoms with Crippen molar-refractivity contribution < 1.29 is 14.3 Å². The van der Waals surface area contributed by atoms with Gasteiger partial charge in [-0.05, 0) is 25.8 Å². The molecule has 0 N–H and O–H groups in total. The van der Waals surface area contributed by atoms with Gasteiger partial charge in [0.15, 0.2) is 0 Å². The number of nitrogens with zero attached hydrogens (tertiary/aromatic N) is 2. The van der Waals surface area contributed by atoms with Crippen LogP contribution in [0, 0.1) is 0 Å². The van der Waals surface area contributed by atoms with Crippen molar-refractivity contribution in [2.75, 3.05) is 19.8 Å². The average Bonchev–Trinajstić information content (AvgIpc) is 2.65. The van der Waals surface area contributed by atoms with Gasteiger partial charge in [0, 0.05) is 31.6 Å². The summed E-state index contributed by atoms with van der Waals surface area (Å²) < 4.78 is 11.2. The van der Waals surface area contributed by atoms with Crippen LogP contribution in [0.25, 0.3) is 0 Å². The minimum atomic E-state index is 0.0152. The lowest BCUT2D eigenvalue weighted by Gasteiger charge is -2.33. The molecule has 6 heteroatoms. The SMILES string of the molecule is CCN(C(=O)c1cnc(OC2CCOCC2)c(Cl)c1)C1CCCCC1. The zero-order valence-corrected chi connectivity index (χ0v) is 15.6. The highest BCUT2D eigenvalue weighted by Gasteiger charge is 2.26. The maximum absolute atomic E-state index is 12.9. The Hall–Kier alpha value is -1.33. The Labute approximate surface area is 154 Å². The molecule has 1 aromatic rings. The van der Waals surface area contributed by atoms with Crippen LogP contribution in [0.2, 0.25) is 5.02 Å². The van der Waals surface area contributed by atoms with Crippen LogP contribution in [0.1, 0.15) is 62.2 Å². The molecule has 25 heavy (non-hydrogen) atoms. The number of hydrogen-bond acceptors (Lipinski definition) is 4. The zero-order chi connectivity index (χ0) is 17.6. The molecule has 2 heterocycles. The van der Waals surface area contributed by atoms with Crippen LogP contribution in [-0.4, -0.2) is 47.7 Å². The molecule has 1 amide bonds. The predicted molar refractivity (Wildman–Crippen MR) is 97.3 cm³/mol. The van der Waals surface area contributed by atoms with Gasteiger partial charge in [-0.25, -0.2) is 4.98 Å². The molecule has 0 aromatic carbocycles. The summed E-state index contributed by atoms with van der Waals surface area (Å²) in [6.07, 6.45) is 9.19. The van der Waals surface area contributed by atoms with Gasteiger partial charge >= 0.3 is 0 Å². The van der Waals surface area contributed by atoms with E-state index >= 15 is 0 Å². The molecule has 5 nitrogen and oxygen atoms in total. The molecule has 1 aliphatic heterocycles. The fourth-order valence-corrected chi connectivity index (χ4v) is 3.92. The topological polar surface area (TPSA) is 51.7 Å². The number of hydrogen-bond donors (Lipinski definition) is 0. The Kier molecular flexibility index (Phi) is 6.54. The van der Waals surface area contributed by atoms with E-state index in [9.17, 15) is 4.79 Å². The van der Waals surface area contributed by atoms with Crippen LogP contribution in [0.15, 0.2) is 12.3 Å². The summed E-state index contributed by atoms with van der Waals surface area (Å²) in [5.74, 6) is 0.423. The third-order valence-corrected chi connectivity index (χ3v) is 5.39. The third-order valence-electron chi connectivity index (χ3n) is 5.12. The largest absolute Gasteiger partial charge is 0.473 e. The summed E-state index contributed by atoms with van der Waals surface area (Å²) in [5.41, 5.74) is 0.539. The first-order chi connectivity index (χ1) is 12.2. The van der Waals surface area contributed by atoms with Crippen molar-refractivity contribution in [3.05, 3.63) is 22.8 Å². The van der Waals surface area contributed by atoms with Crippen LogP contribution in [0.4, 0.5) is 0 Å². The van der Waals surface area contributed by atoms with Crippen LogP contribution in [0.5, 0.6) is 5.88 Å². The molecule has 2 fully saturated rings. The number of aromatic nitrogens is 1. The Balaban J connectivity index is 1.68. The molecule has 3 rings (SSSR count). The normalized spacial score (nSPS) is 19.6. The van der Waals surface area contributed by atoms with Gasteiger partial charge in [-0.3, -0.25) is 4.79 Å². The zero-order valence-electron chi connectivity index (χ0n) is 14.9. The molecule has 0 bridgehead atoms. The van der Waals surface area contributed by atoms with Gasteiger partial charge in [0.05, 0.1) is 18.8 Å². The predicted octanol–water partition coefficient (Wildman–Crippen LogP) is 4.09. The lowest BCUT2D eigenvalue weighted by molar-refractivity contribution is 0.0237. The first-order valence-electron chi connectivity index (χ1n) is 9.40. The quantitative estimate of drug-likeness (QED) is 0.787. The Morgan fingerprint density at radius 2 is 2.00 bits per heavy atom. The van der Waals surface area contributed by atoms with Gasteiger partial charge in [0.2, 0.25) is 5.88 Å². The number of carbonyl (C=O) groups excluding carboxylic acids is 1. The Morgan fingerprint density at radius 1 is 1.28 bits per heavy atom. The number of amides is 1. The highest BCUT2D eigenvalue weighted by molar-refractivity contribution is 6.32. The number of pyridine rings is 1. The van der Waals surface area contributed by atoms with E-state index in [-0.39, 0.29) is 12.0 Å². The molecule has 1 aliphatic carbocycles. The highest BCUT2D eigenvalue weighted by atomic mass is 35.5. The lowest BCUT2D eigenvalue weighted by Crippen LogP contribution is -2.41. The fraction of sp³-hybridized carbons (Fsp3) is 0.684. The molecular formula is C19H27ClN2O3. The summed E-state index contributed by atoms with van der Waals surface area (Å²) in [6, 6.07) is 2.03. The van der Waals surface area contributed by atoms with E-state index in [0.29, 0.717) is 42.3 Å². The fourth-order valence-electron chi connectivity index (χ4n) is 3.71. The van der Waals surface area contributed by atoms with Crippen molar-refractivity contribution in [2.24, 2.45) is 0 Å². The molecule has 0 spiro atoms. The summed E-state index contributed by atoms with van der Waals surface area (Å²) >= 11 is 6.34. The van der Waals surface area contributed by atoms with Gasteiger partial charge in [-0.1, -0.05) is 30.9 Å². The van der Waals surface area contributed by atoms with Crippen molar-refractivity contribution in [1.82, 2.24) is 9.88 Å². The molecule has 1 aromatic heterocycles. The number of halogens is 1. The maximum Gasteiger partial charge on any atom is 0.255 e. The second-order valence-electron chi connectivity index (χ2n) is 6.82. The van der Waals surface area contributed by atoms with Crippen LogP contribution in [0.3, 0.4) is 0 Å². The van der Waals surface area contributed by atoms with E-state index in [0.717, 1.165) is 25.7 Å². The molecule has 1 saturated heterocycles. The van der Waals surface area contributed by atoms with Crippen LogP contribution in [-0.2, 0) is 4.74 Å². The minimum Gasteiger partial charge on any atom is -0.473 e. The number of ether oxygens (including phenoxy) is 2. The number of rotatable bonds is 5. The summed E-state index contributed by atoms with van der Waals surface area (Å²) in [5, 5.41) is 0.400. The Morgan fingerprint density at radius 3 is 2.64 bits per heavy atom. The standard InChI is InChI=1S/C19H27ClN2O3/c1-2-22(15-6-4-3-5-7-15)19(23)14-12-17(20)18(21-13-14)25-16-8-10-24-11-9-16/h12-13,15-16H,2-11H2,1H3. The summed E-state index contributed by atoms with van der Waals surface area (Å²) in [4.78, 5) is 19.2.